The van der Waals surface area contributed by atoms with Crippen LogP contribution in [-0.2, 0) is 30.3 Å². The highest BCUT2D eigenvalue weighted by atomic mass is 16.6. The van der Waals surface area contributed by atoms with Crippen molar-refractivity contribution in [3.05, 3.63) is 39.9 Å². The number of nitro groups is 1. The lowest BCUT2D eigenvalue weighted by molar-refractivity contribution is -0.384. The van der Waals surface area contributed by atoms with Crippen LogP contribution < -0.4 is 5.32 Å². The van der Waals surface area contributed by atoms with E-state index in [4.69, 9.17) is 9.47 Å². The molecule has 182 valence electrons. The van der Waals surface area contributed by atoms with E-state index in [-0.39, 0.29) is 24.0 Å². The van der Waals surface area contributed by atoms with Crippen molar-refractivity contribution in [2.75, 3.05) is 7.11 Å². The van der Waals surface area contributed by atoms with Crippen LogP contribution in [0, 0.1) is 26.9 Å². The number of carbonyl (C=O) groups is 3. The lowest BCUT2D eigenvalue weighted by atomic mass is 9.65. The van der Waals surface area contributed by atoms with Gasteiger partial charge in [0, 0.05) is 24.5 Å². The number of ether oxygens (including phenoxy) is 2. The lowest BCUT2D eigenvalue weighted by Crippen LogP contribution is -2.51. The molecular weight excluding hydrogens is 428 g/mol. The molecule has 0 heterocycles. The van der Waals surface area contributed by atoms with Gasteiger partial charge in [-0.3, -0.25) is 19.7 Å². The van der Waals surface area contributed by atoms with Crippen LogP contribution in [0.4, 0.5) is 5.69 Å². The molecule has 0 saturated heterocycles. The number of carbonyl (C=O) groups excluding carboxylic acids is 3. The van der Waals surface area contributed by atoms with Gasteiger partial charge in [0.15, 0.2) is 0 Å². The summed E-state index contributed by atoms with van der Waals surface area (Å²) in [6, 6.07) is 4.81. The van der Waals surface area contributed by atoms with Gasteiger partial charge in [-0.1, -0.05) is 26.0 Å². The molecule has 1 saturated carbocycles. The standard InChI is InChI=1S/C24H34N2O7/c1-22(2,3)33-21(29)24(6)13-12-17(23(24,4)5)19(27)25-18(20(28)32-7)14-15-8-10-16(11-9-15)26(30)31/h8-11,17-18H,12-14H2,1-7H3,(H,25,27). The highest BCUT2D eigenvalue weighted by Gasteiger charge is 2.59. The maximum Gasteiger partial charge on any atom is 0.328 e. The van der Waals surface area contributed by atoms with Crippen LogP contribution in [0.2, 0.25) is 0 Å². The maximum absolute atomic E-state index is 13.3. The largest absolute Gasteiger partial charge is 0.467 e. The van der Waals surface area contributed by atoms with Gasteiger partial charge in [-0.15, -0.1) is 0 Å². The number of methoxy groups -OCH3 is 1. The Morgan fingerprint density at radius 2 is 1.76 bits per heavy atom. The van der Waals surface area contributed by atoms with Crippen molar-refractivity contribution in [2.45, 2.75) is 72.4 Å². The summed E-state index contributed by atoms with van der Waals surface area (Å²) in [5.41, 5.74) is -1.64. The van der Waals surface area contributed by atoms with E-state index in [2.05, 4.69) is 5.32 Å². The molecule has 33 heavy (non-hydrogen) atoms. The first-order valence-electron chi connectivity index (χ1n) is 11.0. The molecule has 1 aromatic carbocycles. The second-order valence-electron chi connectivity index (χ2n) is 10.4. The second kappa shape index (κ2) is 9.49. The summed E-state index contributed by atoms with van der Waals surface area (Å²) in [6.45, 7) is 11.0. The van der Waals surface area contributed by atoms with Gasteiger partial charge in [0.25, 0.3) is 5.69 Å². The smallest absolute Gasteiger partial charge is 0.328 e. The van der Waals surface area contributed by atoms with Crippen molar-refractivity contribution < 1.29 is 28.8 Å². The Kier molecular flexibility index (Phi) is 7.56. The first-order valence-corrected chi connectivity index (χ1v) is 11.0. The third-order valence-corrected chi connectivity index (χ3v) is 6.78. The molecular formula is C24H34N2O7. The zero-order chi connectivity index (χ0) is 25.2. The SMILES string of the molecule is COC(=O)C(Cc1ccc([N+](=O)[O-])cc1)NC(=O)C1CCC(C)(C(=O)OC(C)(C)C)C1(C)C. The van der Waals surface area contributed by atoms with Crippen LogP contribution in [0.3, 0.4) is 0 Å². The van der Waals surface area contributed by atoms with E-state index in [1.165, 1.54) is 19.2 Å². The van der Waals surface area contributed by atoms with Gasteiger partial charge >= 0.3 is 11.9 Å². The van der Waals surface area contributed by atoms with Crippen molar-refractivity contribution in [2.24, 2.45) is 16.7 Å². The molecule has 1 aromatic rings. The molecule has 0 aromatic heterocycles. The molecule has 0 bridgehead atoms. The summed E-state index contributed by atoms with van der Waals surface area (Å²) in [4.78, 5) is 49.0. The Balaban J connectivity index is 2.19. The zero-order valence-electron chi connectivity index (χ0n) is 20.4. The first kappa shape index (κ1) is 26.3. The summed E-state index contributed by atoms with van der Waals surface area (Å²) in [5, 5.41) is 13.6. The number of amides is 1. The van der Waals surface area contributed by atoms with Crippen LogP contribution >= 0.6 is 0 Å². The molecule has 1 amide bonds. The second-order valence-corrected chi connectivity index (χ2v) is 10.4. The summed E-state index contributed by atoms with van der Waals surface area (Å²) in [7, 11) is 1.23. The minimum Gasteiger partial charge on any atom is -0.467 e. The third kappa shape index (κ3) is 5.69. The monoisotopic (exact) mass is 462 g/mol. The predicted molar refractivity (Wildman–Crippen MR) is 121 cm³/mol. The van der Waals surface area contributed by atoms with E-state index in [1.54, 1.807) is 32.9 Å². The molecule has 0 spiro atoms. The fraction of sp³-hybridized carbons (Fsp3) is 0.625. The van der Waals surface area contributed by atoms with Gasteiger partial charge in [0.2, 0.25) is 5.91 Å². The summed E-state index contributed by atoms with van der Waals surface area (Å²) >= 11 is 0. The van der Waals surface area contributed by atoms with Gasteiger partial charge in [-0.25, -0.2) is 4.79 Å². The number of esters is 2. The van der Waals surface area contributed by atoms with Gasteiger partial charge in [0.05, 0.1) is 17.4 Å². The molecule has 1 N–H and O–H groups in total. The summed E-state index contributed by atoms with van der Waals surface area (Å²) < 4.78 is 10.5. The number of non-ortho nitro benzene ring substituents is 1. The number of nitrogens with zero attached hydrogens (tertiary/aromatic N) is 1. The van der Waals surface area contributed by atoms with Crippen LogP contribution in [-0.4, -0.2) is 41.5 Å². The Hall–Kier alpha value is -2.97. The van der Waals surface area contributed by atoms with Crippen LogP contribution in [0.25, 0.3) is 0 Å². The minimum absolute atomic E-state index is 0.0634. The molecule has 3 atom stereocenters. The van der Waals surface area contributed by atoms with Crippen LogP contribution in [0.1, 0.15) is 59.9 Å². The van der Waals surface area contributed by atoms with E-state index in [1.807, 2.05) is 20.8 Å². The van der Waals surface area contributed by atoms with Gasteiger partial charge in [-0.05, 0) is 51.5 Å². The third-order valence-electron chi connectivity index (χ3n) is 6.78. The fourth-order valence-corrected chi connectivity index (χ4v) is 4.31. The minimum atomic E-state index is -0.965. The molecule has 9 nitrogen and oxygen atoms in total. The average molecular weight is 463 g/mol. The highest BCUT2D eigenvalue weighted by Crippen LogP contribution is 2.57. The van der Waals surface area contributed by atoms with E-state index in [0.29, 0.717) is 18.4 Å². The molecule has 0 aliphatic heterocycles. The summed E-state index contributed by atoms with van der Waals surface area (Å²) in [6.07, 6.45) is 1.07. The van der Waals surface area contributed by atoms with E-state index in [0.717, 1.165) is 0 Å². The molecule has 0 radical (unpaired) electrons. The predicted octanol–water partition coefficient (Wildman–Crippen LogP) is 3.58. The molecule has 1 fully saturated rings. The van der Waals surface area contributed by atoms with Gasteiger partial charge in [-0.2, -0.15) is 0 Å². The number of nitrogens with one attached hydrogen (secondary N) is 1. The van der Waals surface area contributed by atoms with Crippen molar-refractivity contribution in [1.82, 2.24) is 5.32 Å². The Labute approximate surface area is 194 Å². The van der Waals surface area contributed by atoms with Crippen LogP contribution in [0.15, 0.2) is 24.3 Å². The van der Waals surface area contributed by atoms with E-state index in [9.17, 15) is 24.5 Å². The van der Waals surface area contributed by atoms with Gasteiger partial charge < -0.3 is 14.8 Å². The van der Waals surface area contributed by atoms with Crippen molar-refractivity contribution in [3.63, 3.8) is 0 Å². The average Bonchev–Trinajstić information content (AvgIpc) is 2.96. The van der Waals surface area contributed by atoms with E-state index >= 15 is 0 Å². The normalized spacial score (nSPS) is 22.8. The lowest BCUT2D eigenvalue weighted by Gasteiger charge is -2.40. The van der Waals surface area contributed by atoms with Crippen molar-refractivity contribution >= 4 is 23.5 Å². The zero-order valence-corrected chi connectivity index (χ0v) is 20.4. The number of hydrogen-bond donors (Lipinski definition) is 1. The van der Waals surface area contributed by atoms with Gasteiger partial charge in [0.1, 0.15) is 11.6 Å². The highest BCUT2D eigenvalue weighted by molar-refractivity contribution is 5.88. The number of rotatable bonds is 7. The Morgan fingerprint density at radius 1 is 1.18 bits per heavy atom. The molecule has 3 unspecified atom stereocenters. The Morgan fingerprint density at radius 3 is 2.24 bits per heavy atom. The first-order chi connectivity index (χ1) is 15.1. The van der Waals surface area contributed by atoms with Crippen molar-refractivity contribution in [1.29, 1.82) is 0 Å². The number of benzene rings is 1. The topological polar surface area (TPSA) is 125 Å². The number of nitro benzene ring substituents is 1. The van der Waals surface area contributed by atoms with Crippen LogP contribution in [0.5, 0.6) is 0 Å². The number of hydrogen-bond acceptors (Lipinski definition) is 7. The fourth-order valence-electron chi connectivity index (χ4n) is 4.31. The summed E-state index contributed by atoms with van der Waals surface area (Å²) in [5.74, 6) is -1.82. The molecule has 9 heteroatoms. The maximum atomic E-state index is 13.3. The Bertz CT molecular complexity index is 918. The van der Waals surface area contributed by atoms with Crippen molar-refractivity contribution in [3.8, 4) is 0 Å². The molecule has 1 aliphatic carbocycles. The molecule has 1 aliphatic rings. The van der Waals surface area contributed by atoms with E-state index < -0.39 is 39.3 Å². The quantitative estimate of drug-likeness (QED) is 0.373. The molecule has 2 rings (SSSR count).